The van der Waals surface area contributed by atoms with E-state index >= 15 is 0 Å². The largest absolute Gasteiger partial charge is 0.493 e. The summed E-state index contributed by atoms with van der Waals surface area (Å²) < 4.78 is 7.55. The number of ketones is 1. The van der Waals surface area contributed by atoms with Gasteiger partial charge in [0.05, 0.1) is 39.9 Å². The van der Waals surface area contributed by atoms with Crippen LogP contribution in [0, 0.1) is 12.8 Å². The fraction of sp³-hybridized carbons (Fsp3) is 0.300. The minimum atomic E-state index is -0.300. The van der Waals surface area contributed by atoms with Crippen LogP contribution in [0.4, 0.5) is 0 Å². The number of amides is 2. The van der Waals surface area contributed by atoms with Gasteiger partial charge >= 0.3 is 0 Å². The summed E-state index contributed by atoms with van der Waals surface area (Å²) in [4.78, 5) is 51.2. The maximum absolute atomic E-state index is 12.8. The summed E-state index contributed by atoms with van der Waals surface area (Å²) in [5.41, 5.74) is 2.83. The lowest BCUT2D eigenvalue weighted by atomic mass is 10.0. The molecule has 1 N–H and O–H groups in total. The van der Waals surface area contributed by atoms with Crippen LogP contribution in [-0.4, -0.2) is 33.8 Å². The molecule has 196 valence electrons. The van der Waals surface area contributed by atoms with E-state index < -0.39 is 0 Å². The van der Waals surface area contributed by atoms with Crippen molar-refractivity contribution in [2.24, 2.45) is 13.0 Å². The summed E-state index contributed by atoms with van der Waals surface area (Å²) in [6.45, 7) is 8.27. The maximum Gasteiger partial charge on any atom is 0.260 e. The maximum atomic E-state index is 12.8. The first-order valence-corrected chi connectivity index (χ1v) is 12.6. The molecule has 1 aliphatic heterocycles. The molecule has 38 heavy (non-hydrogen) atoms. The summed E-state index contributed by atoms with van der Waals surface area (Å²) in [5.74, 6) is 0.500. The number of imide groups is 1. The van der Waals surface area contributed by atoms with Crippen molar-refractivity contribution in [3.8, 4) is 5.75 Å². The standard InChI is InChI=1S/C22H26N2O3.C8H5NO2/c1-13(2)7-6-10-27-20-12-19-18(11-17(20)15(4)25)16-8-9-23-14(3)21(16)22(26)24(19)5;10-7-5-3-1-2-4-6(5)8(11)9-7/h8-9,11-13H,6-7,10H2,1-5H3;1-4H,(H,9,10,11). The molecule has 0 saturated heterocycles. The molecule has 0 aliphatic carbocycles. The first kappa shape index (κ1) is 26.7. The number of fused-ring (bicyclic) bond motifs is 4. The summed E-state index contributed by atoms with van der Waals surface area (Å²) in [7, 11) is 1.74. The fourth-order valence-corrected chi connectivity index (χ4v) is 4.59. The van der Waals surface area contributed by atoms with Crippen molar-refractivity contribution in [2.75, 3.05) is 6.61 Å². The Morgan fingerprint density at radius 1 is 1.03 bits per heavy atom. The van der Waals surface area contributed by atoms with Gasteiger partial charge in [0.1, 0.15) is 5.75 Å². The first-order valence-electron chi connectivity index (χ1n) is 12.6. The Hall–Kier alpha value is -4.33. The number of hydrogen-bond acceptors (Lipinski definition) is 6. The number of rotatable bonds is 6. The van der Waals surface area contributed by atoms with Crippen LogP contribution in [0.2, 0.25) is 0 Å². The highest BCUT2D eigenvalue weighted by Crippen LogP contribution is 2.31. The van der Waals surface area contributed by atoms with Gasteiger partial charge in [0.2, 0.25) is 0 Å². The van der Waals surface area contributed by atoms with Gasteiger partial charge in [0.15, 0.2) is 5.78 Å². The van der Waals surface area contributed by atoms with Crippen LogP contribution in [0.3, 0.4) is 0 Å². The van der Waals surface area contributed by atoms with Crippen molar-refractivity contribution in [3.05, 3.63) is 81.4 Å². The lowest BCUT2D eigenvalue weighted by molar-refractivity contribution is 0.0878. The van der Waals surface area contributed by atoms with Crippen LogP contribution in [0.5, 0.6) is 5.75 Å². The zero-order valence-electron chi connectivity index (χ0n) is 22.3. The molecule has 5 rings (SSSR count). The molecular weight excluding hydrogens is 482 g/mol. The van der Waals surface area contributed by atoms with Crippen LogP contribution >= 0.6 is 0 Å². The third-order valence-corrected chi connectivity index (χ3v) is 6.61. The average molecular weight is 514 g/mol. The van der Waals surface area contributed by atoms with E-state index in [9.17, 15) is 19.2 Å². The Bertz CT molecular complexity index is 1600. The Morgan fingerprint density at radius 3 is 2.29 bits per heavy atom. The summed E-state index contributed by atoms with van der Waals surface area (Å²) in [6, 6.07) is 12.2. The van der Waals surface area contributed by atoms with Crippen molar-refractivity contribution in [1.29, 1.82) is 0 Å². The zero-order valence-corrected chi connectivity index (χ0v) is 22.3. The Morgan fingerprint density at radius 2 is 1.68 bits per heavy atom. The van der Waals surface area contributed by atoms with Crippen LogP contribution in [0.15, 0.2) is 53.5 Å². The zero-order chi connectivity index (χ0) is 27.6. The van der Waals surface area contributed by atoms with E-state index in [4.69, 9.17) is 4.74 Å². The Balaban J connectivity index is 0.000000253. The molecule has 0 unspecified atom stereocenters. The topological polar surface area (TPSA) is 107 Å². The molecule has 8 nitrogen and oxygen atoms in total. The number of aryl methyl sites for hydroxylation is 2. The van der Waals surface area contributed by atoms with Crippen LogP contribution < -0.4 is 15.6 Å². The lowest BCUT2D eigenvalue weighted by Gasteiger charge is -2.15. The minimum absolute atomic E-state index is 0.0523. The highest BCUT2D eigenvalue weighted by Gasteiger charge is 2.25. The molecule has 0 bridgehead atoms. The summed E-state index contributed by atoms with van der Waals surface area (Å²) in [6.07, 6.45) is 3.69. The molecule has 2 aromatic heterocycles. The number of carbonyl (C=O) groups is 3. The quantitative estimate of drug-likeness (QED) is 0.169. The first-order chi connectivity index (χ1) is 18.1. The van der Waals surface area contributed by atoms with Gasteiger partial charge in [-0.1, -0.05) is 26.0 Å². The molecule has 4 aromatic rings. The van der Waals surface area contributed by atoms with Crippen molar-refractivity contribution in [2.45, 2.75) is 40.5 Å². The third kappa shape index (κ3) is 5.20. The predicted molar refractivity (Wildman–Crippen MR) is 147 cm³/mol. The second-order valence-electron chi connectivity index (χ2n) is 9.82. The normalized spacial score (nSPS) is 12.4. The molecule has 0 spiro atoms. The third-order valence-electron chi connectivity index (χ3n) is 6.61. The average Bonchev–Trinajstić information content (AvgIpc) is 3.18. The molecule has 0 radical (unpaired) electrons. The molecule has 2 amide bonds. The molecule has 3 heterocycles. The predicted octanol–water partition coefficient (Wildman–Crippen LogP) is 4.98. The van der Waals surface area contributed by atoms with E-state index in [0.29, 0.717) is 46.0 Å². The molecule has 0 fully saturated rings. The molecule has 2 aromatic carbocycles. The molecular formula is C30H31N3O5. The number of pyridine rings is 2. The summed E-state index contributed by atoms with van der Waals surface area (Å²) in [5, 5.41) is 4.47. The fourth-order valence-electron chi connectivity index (χ4n) is 4.59. The lowest BCUT2D eigenvalue weighted by Crippen LogP contribution is -2.19. The van der Waals surface area contributed by atoms with Crippen molar-refractivity contribution >= 4 is 39.3 Å². The SMILES string of the molecule is CC(=O)c1cc2c3ccnc(C)c3c(=O)n(C)c2cc1OCCCC(C)C.O=C1NC(=O)c2ccccc21. The molecule has 1 aliphatic rings. The van der Waals surface area contributed by atoms with Gasteiger partial charge in [-0.25, -0.2) is 0 Å². The van der Waals surface area contributed by atoms with E-state index in [-0.39, 0.29) is 23.2 Å². The number of hydrogen-bond donors (Lipinski definition) is 1. The molecule has 0 atom stereocenters. The van der Waals surface area contributed by atoms with E-state index in [2.05, 4.69) is 24.1 Å². The number of nitrogens with one attached hydrogen (secondary N) is 1. The Kier molecular flexibility index (Phi) is 7.71. The highest BCUT2D eigenvalue weighted by molar-refractivity contribution is 6.21. The van der Waals surface area contributed by atoms with Crippen LogP contribution in [0.1, 0.15) is 70.4 Å². The van der Waals surface area contributed by atoms with Crippen molar-refractivity contribution < 1.29 is 19.1 Å². The number of aromatic nitrogens is 2. The molecule has 8 heteroatoms. The van der Waals surface area contributed by atoms with Gasteiger partial charge in [-0.15, -0.1) is 0 Å². The number of benzene rings is 2. The monoisotopic (exact) mass is 513 g/mol. The summed E-state index contributed by atoms with van der Waals surface area (Å²) >= 11 is 0. The van der Waals surface area contributed by atoms with Gasteiger partial charge in [-0.3, -0.25) is 29.5 Å². The molecule has 0 saturated carbocycles. The second-order valence-corrected chi connectivity index (χ2v) is 9.82. The van der Waals surface area contributed by atoms with E-state index in [1.807, 2.05) is 25.1 Å². The van der Waals surface area contributed by atoms with Gasteiger partial charge in [0, 0.05) is 24.7 Å². The Labute approximate surface area is 220 Å². The number of nitrogens with zero attached hydrogens (tertiary/aromatic N) is 2. The van der Waals surface area contributed by atoms with Gasteiger partial charge < -0.3 is 9.30 Å². The van der Waals surface area contributed by atoms with Gasteiger partial charge in [0.25, 0.3) is 17.4 Å². The van der Waals surface area contributed by atoms with Gasteiger partial charge in [-0.2, -0.15) is 0 Å². The van der Waals surface area contributed by atoms with E-state index in [0.717, 1.165) is 29.1 Å². The smallest absolute Gasteiger partial charge is 0.260 e. The van der Waals surface area contributed by atoms with Crippen molar-refractivity contribution in [1.82, 2.24) is 14.9 Å². The second kappa shape index (κ2) is 11.0. The van der Waals surface area contributed by atoms with Crippen LogP contribution in [-0.2, 0) is 7.05 Å². The van der Waals surface area contributed by atoms with E-state index in [1.54, 1.807) is 49.0 Å². The number of ether oxygens (including phenoxy) is 1. The van der Waals surface area contributed by atoms with Gasteiger partial charge in [-0.05, 0) is 62.3 Å². The van der Waals surface area contributed by atoms with Crippen LogP contribution in [0.25, 0.3) is 21.7 Å². The minimum Gasteiger partial charge on any atom is -0.493 e. The number of Topliss-reactive ketones (excluding diaryl/α,β-unsaturated/α-hetero) is 1. The highest BCUT2D eigenvalue weighted by atomic mass is 16.5. The van der Waals surface area contributed by atoms with E-state index in [1.165, 1.54) is 0 Å². The number of carbonyl (C=O) groups excluding carboxylic acids is 3. The van der Waals surface area contributed by atoms with Crippen molar-refractivity contribution in [3.63, 3.8) is 0 Å².